The molecule has 0 bridgehead atoms. The maximum absolute atomic E-state index is 4.22. The third-order valence-electron chi connectivity index (χ3n) is 2.63. The van der Waals surface area contributed by atoms with Crippen LogP contribution in [0.4, 0.5) is 0 Å². The average molecular weight is 200 g/mol. The first-order chi connectivity index (χ1) is 7.20. The van der Waals surface area contributed by atoms with Crippen LogP contribution in [0.25, 0.3) is 5.69 Å². The Morgan fingerprint density at radius 1 is 1.20 bits per heavy atom. The zero-order chi connectivity index (χ0) is 10.8. The van der Waals surface area contributed by atoms with Crippen molar-refractivity contribution in [3.05, 3.63) is 48.0 Å². The van der Waals surface area contributed by atoms with Crippen molar-refractivity contribution in [2.75, 3.05) is 0 Å². The zero-order valence-corrected chi connectivity index (χ0v) is 9.44. The molecule has 0 aliphatic heterocycles. The minimum atomic E-state index is 0.493. The van der Waals surface area contributed by atoms with Gasteiger partial charge in [-0.3, -0.25) is 0 Å². The highest BCUT2D eigenvalue weighted by molar-refractivity contribution is 5.41. The Labute approximate surface area is 90.6 Å². The molecule has 1 aromatic heterocycles. The summed E-state index contributed by atoms with van der Waals surface area (Å²) in [6.45, 7) is 6.50. The first-order valence-corrected chi connectivity index (χ1v) is 5.28. The van der Waals surface area contributed by atoms with E-state index in [1.807, 2.05) is 12.5 Å². The molecule has 0 saturated carbocycles. The van der Waals surface area contributed by atoms with E-state index in [1.54, 1.807) is 0 Å². The van der Waals surface area contributed by atoms with Gasteiger partial charge in [-0.2, -0.15) is 0 Å². The molecule has 1 heterocycles. The number of aryl methyl sites for hydroxylation is 1. The number of hydrogen-bond donors (Lipinski definition) is 0. The SMILES string of the molecule is Cc1ccccc1-n1cncc1C(C)C. The molecule has 0 radical (unpaired) electrons. The van der Waals surface area contributed by atoms with Gasteiger partial charge in [0.1, 0.15) is 0 Å². The van der Waals surface area contributed by atoms with Crippen LogP contribution in [0.3, 0.4) is 0 Å². The normalized spacial score (nSPS) is 10.9. The quantitative estimate of drug-likeness (QED) is 0.727. The smallest absolute Gasteiger partial charge is 0.0994 e. The topological polar surface area (TPSA) is 17.8 Å². The lowest BCUT2D eigenvalue weighted by atomic mass is 10.1. The Morgan fingerprint density at radius 3 is 2.60 bits per heavy atom. The van der Waals surface area contributed by atoms with Crippen molar-refractivity contribution >= 4 is 0 Å². The van der Waals surface area contributed by atoms with Crippen molar-refractivity contribution < 1.29 is 0 Å². The van der Waals surface area contributed by atoms with Crippen LogP contribution >= 0.6 is 0 Å². The molecule has 2 heteroatoms. The summed E-state index contributed by atoms with van der Waals surface area (Å²) in [5.41, 5.74) is 3.75. The molecule has 0 atom stereocenters. The molecule has 0 N–H and O–H groups in total. The van der Waals surface area contributed by atoms with Crippen LogP contribution in [0.1, 0.15) is 31.0 Å². The largest absolute Gasteiger partial charge is 0.303 e. The summed E-state index contributed by atoms with van der Waals surface area (Å²) >= 11 is 0. The zero-order valence-electron chi connectivity index (χ0n) is 9.44. The van der Waals surface area contributed by atoms with Crippen LogP contribution in [0, 0.1) is 6.92 Å². The standard InChI is InChI=1S/C13H16N2/c1-10(2)13-8-14-9-15(13)12-7-5-4-6-11(12)3/h4-10H,1-3H3. The van der Waals surface area contributed by atoms with Gasteiger partial charge in [-0.25, -0.2) is 4.98 Å². The molecule has 0 aliphatic carbocycles. The fourth-order valence-electron chi connectivity index (χ4n) is 1.77. The maximum atomic E-state index is 4.22. The first kappa shape index (κ1) is 9.97. The van der Waals surface area contributed by atoms with Crippen LogP contribution in [0.5, 0.6) is 0 Å². The van der Waals surface area contributed by atoms with Gasteiger partial charge in [0.15, 0.2) is 0 Å². The predicted octanol–water partition coefficient (Wildman–Crippen LogP) is 3.30. The van der Waals surface area contributed by atoms with Gasteiger partial charge in [-0.05, 0) is 24.5 Å². The first-order valence-electron chi connectivity index (χ1n) is 5.28. The minimum absolute atomic E-state index is 0.493. The van der Waals surface area contributed by atoms with Gasteiger partial charge in [0, 0.05) is 17.6 Å². The van der Waals surface area contributed by atoms with E-state index in [-0.39, 0.29) is 0 Å². The third kappa shape index (κ3) is 1.80. The molecule has 2 aromatic rings. The molecule has 0 amide bonds. The molecule has 0 fully saturated rings. The van der Waals surface area contributed by atoms with Crippen molar-refractivity contribution in [2.24, 2.45) is 0 Å². The second-order valence-electron chi connectivity index (χ2n) is 4.13. The van der Waals surface area contributed by atoms with Gasteiger partial charge in [-0.15, -0.1) is 0 Å². The van der Waals surface area contributed by atoms with Gasteiger partial charge in [0.25, 0.3) is 0 Å². The Morgan fingerprint density at radius 2 is 1.93 bits per heavy atom. The maximum Gasteiger partial charge on any atom is 0.0994 e. The summed E-state index contributed by atoms with van der Waals surface area (Å²) in [6, 6.07) is 8.37. The number of hydrogen-bond acceptors (Lipinski definition) is 1. The minimum Gasteiger partial charge on any atom is -0.303 e. The molecule has 0 unspecified atom stereocenters. The van der Waals surface area contributed by atoms with Crippen molar-refractivity contribution in [3.8, 4) is 5.69 Å². The van der Waals surface area contributed by atoms with E-state index in [4.69, 9.17) is 0 Å². The van der Waals surface area contributed by atoms with Gasteiger partial charge >= 0.3 is 0 Å². The molecule has 78 valence electrons. The van der Waals surface area contributed by atoms with Crippen LogP contribution in [-0.2, 0) is 0 Å². The number of benzene rings is 1. The molecule has 15 heavy (non-hydrogen) atoms. The Kier molecular flexibility index (Phi) is 2.58. The van der Waals surface area contributed by atoms with Crippen LogP contribution in [-0.4, -0.2) is 9.55 Å². The fourth-order valence-corrected chi connectivity index (χ4v) is 1.77. The third-order valence-corrected chi connectivity index (χ3v) is 2.63. The summed E-state index contributed by atoms with van der Waals surface area (Å²) in [5.74, 6) is 0.493. The molecular formula is C13H16N2. The van der Waals surface area contributed by atoms with Crippen LogP contribution in [0.15, 0.2) is 36.8 Å². The van der Waals surface area contributed by atoms with Crippen molar-refractivity contribution in [2.45, 2.75) is 26.7 Å². The van der Waals surface area contributed by atoms with E-state index >= 15 is 0 Å². The second-order valence-corrected chi connectivity index (χ2v) is 4.13. The van der Waals surface area contributed by atoms with E-state index in [0.717, 1.165) is 0 Å². The molecule has 1 aromatic carbocycles. The molecule has 0 saturated heterocycles. The van der Waals surface area contributed by atoms with Crippen molar-refractivity contribution in [3.63, 3.8) is 0 Å². The van der Waals surface area contributed by atoms with E-state index in [2.05, 4.69) is 54.6 Å². The van der Waals surface area contributed by atoms with E-state index < -0.39 is 0 Å². The summed E-state index contributed by atoms with van der Waals surface area (Å²) < 4.78 is 2.17. The monoisotopic (exact) mass is 200 g/mol. The molecule has 0 aliphatic rings. The van der Waals surface area contributed by atoms with Crippen molar-refractivity contribution in [1.29, 1.82) is 0 Å². The van der Waals surface area contributed by atoms with Crippen LogP contribution < -0.4 is 0 Å². The highest BCUT2D eigenvalue weighted by Crippen LogP contribution is 2.20. The summed E-state index contributed by atoms with van der Waals surface area (Å²) in [6.07, 6.45) is 3.83. The highest BCUT2D eigenvalue weighted by atomic mass is 15.1. The lowest BCUT2D eigenvalue weighted by Gasteiger charge is -2.12. The molecule has 2 rings (SSSR count). The molecule has 2 nitrogen and oxygen atoms in total. The van der Waals surface area contributed by atoms with Gasteiger partial charge in [-0.1, -0.05) is 32.0 Å². The number of imidazole rings is 1. The summed E-state index contributed by atoms with van der Waals surface area (Å²) in [7, 11) is 0. The lowest BCUT2D eigenvalue weighted by Crippen LogP contribution is -2.01. The van der Waals surface area contributed by atoms with Gasteiger partial charge in [0.05, 0.1) is 6.33 Å². The van der Waals surface area contributed by atoms with Crippen LogP contribution in [0.2, 0.25) is 0 Å². The Hall–Kier alpha value is -1.57. The molecule has 0 spiro atoms. The van der Waals surface area contributed by atoms with E-state index in [0.29, 0.717) is 5.92 Å². The van der Waals surface area contributed by atoms with E-state index in [9.17, 15) is 0 Å². The lowest BCUT2D eigenvalue weighted by molar-refractivity contribution is 0.785. The molecular weight excluding hydrogens is 184 g/mol. The Balaban J connectivity index is 2.55. The fraction of sp³-hybridized carbons (Fsp3) is 0.308. The number of aromatic nitrogens is 2. The number of nitrogens with zero attached hydrogens (tertiary/aromatic N) is 2. The summed E-state index contributed by atoms with van der Waals surface area (Å²) in [5, 5.41) is 0. The highest BCUT2D eigenvalue weighted by Gasteiger charge is 2.08. The predicted molar refractivity (Wildman–Crippen MR) is 62.4 cm³/mol. The Bertz CT molecular complexity index is 455. The van der Waals surface area contributed by atoms with Gasteiger partial charge < -0.3 is 4.57 Å². The van der Waals surface area contributed by atoms with Crippen molar-refractivity contribution in [1.82, 2.24) is 9.55 Å². The second kappa shape index (κ2) is 3.89. The summed E-state index contributed by atoms with van der Waals surface area (Å²) in [4.78, 5) is 4.22. The number of para-hydroxylation sites is 1. The average Bonchev–Trinajstić information content (AvgIpc) is 2.67. The van der Waals surface area contributed by atoms with Gasteiger partial charge in [0.2, 0.25) is 0 Å². The van der Waals surface area contributed by atoms with E-state index in [1.165, 1.54) is 16.9 Å². The number of rotatable bonds is 2.